The first kappa shape index (κ1) is 32.5. The van der Waals surface area contributed by atoms with E-state index >= 15 is 4.39 Å². The van der Waals surface area contributed by atoms with Gasteiger partial charge in [-0.2, -0.15) is 0 Å². The first-order chi connectivity index (χ1) is 20.9. The highest BCUT2D eigenvalue weighted by Gasteiger charge is 2.45. The molecule has 3 N–H and O–H groups in total. The molecule has 44 heavy (non-hydrogen) atoms. The lowest BCUT2D eigenvalue weighted by Gasteiger charge is -2.44. The number of likely N-dealkylation sites (tertiary alicyclic amines) is 1. The van der Waals surface area contributed by atoms with Crippen LogP contribution in [-0.2, 0) is 14.3 Å². The van der Waals surface area contributed by atoms with E-state index in [-0.39, 0.29) is 48.1 Å². The van der Waals surface area contributed by atoms with Crippen molar-refractivity contribution in [2.75, 3.05) is 13.1 Å². The molecule has 0 spiro atoms. The molecule has 4 rings (SSSR count). The molecule has 0 bridgehead atoms. The lowest BCUT2D eigenvalue weighted by atomic mass is 9.97. The predicted octanol–water partition coefficient (Wildman–Crippen LogP) is 5.20. The Labute approximate surface area is 260 Å². The lowest BCUT2D eigenvalue weighted by Crippen LogP contribution is -2.57. The highest BCUT2D eigenvalue weighted by atomic mass is 35.5. The van der Waals surface area contributed by atoms with Crippen molar-refractivity contribution in [2.24, 2.45) is 5.73 Å². The van der Waals surface area contributed by atoms with Crippen LogP contribution < -0.4 is 10.5 Å². The summed E-state index contributed by atoms with van der Waals surface area (Å²) in [7, 11) is 0. The molecule has 2 aliphatic rings. The third kappa shape index (κ3) is 7.05. The van der Waals surface area contributed by atoms with Crippen LogP contribution in [0.1, 0.15) is 56.9 Å². The maximum Gasteiger partial charge on any atom is 0.307 e. The van der Waals surface area contributed by atoms with E-state index in [0.717, 1.165) is 0 Å². The molecule has 234 valence electrons. The molecule has 1 atom stereocenters. The molecule has 1 fully saturated rings. The van der Waals surface area contributed by atoms with Crippen LogP contribution in [0.5, 0.6) is 5.75 Å². The topological polar surface area (TPSA) is 135 Å². The van der Waals surface area contributed by atoms with Crippen molar-refractivity contribution in [1.29, 1.82) is 0 Å². The molecule has 10 nitrogen and oxygen atoms in total. The zero-order valence-corrected chi connectivity index (χ0v) is 25.6. The number of aliphatic carboxylic acids is 1. The van der Waals surface area contributed by atoms with Gasteiger partial charge in [-0.1, -0.05) is 49.4 Å². The van der Waals surface area contributed by atoms with Crippen molar-refractivity contribution in [2.45, 2.75) is 64.2 Å². The third-order valence-electron chi connectivity index (χ3n) is 7.59. The normalized spacial score (nSPS) is 18.1. The molecular formula is C32H36ClFN4O6. The van der Waals surface area contributed by atoms with Gasteiger partial charge in [0.2, 0.25) is 5.88 Å². The maximum atomic E-state index is 15.4. The monoisotopic (exact) mass is 626 g/mol. The van der Waals surface area contributed by atoms with Gasteiger partial charge in [0.25, 0.3) is 11.8 Å². The Morgan fingerprint density at radius 2 is 2.00 bits per heavy atom. The van der Waals surface area contributed by atoms with E-state index in [4.69, 9.17) is 31.9 Å². The smallest absolute Gasteiger partial charge is 0.307 e. The molecule has 3 heterocycles. The summed E-state index contributed by atoms with van der Waals surface area (Å²) < 4.78 is 27.0. The zero-order valence-electron chi connectivity index (χ0n) is 24.9. The molecule has 2 amide bonds. The Bertz CT molecular complexity index is 1520. The number of amides is 2. The number of carboxylic acids is 1. The first-order valence-corrected chi connectivity index (χ1v) is 14.7. The first-order valence-electron chi connectivity index (χ1n) is 14.3. The Morgan fingerprint density at radius 1 is 1.32 bits per heavy atom. The Balaban J connectivity index is 1.50. The van der Waals surface area contributed by atoms with Gasteiger partial charge in [0.15, 0.2) is 17.1 Å². The highest BCUT2D eigenvalue weighted by molar-refractivity contribution is 6.31. The average molecular weight is 627 g/mol. The van der Waals surface area contributed by atoms with Crippen molar-refractivity contribution >= 4 is 29.4 Å². The summed E-state index contributed by atoms with van der Waals surface area (Å²) in [4.78, 5) is 45.2. The SMILES string of the molecule is C=C/C(Cl)=C\C1=C(N)OC(C)(C)C(=O)N1C1CCN(C(=O)c2ncc(-c3ccccc3O[C@H](CC)CC(=O)O)cc2F)CC1. The summed E-state index contributed by atoms with van der Waals surface area (Å²) in [5.41, 5.74) is 5.89. The van der Waals surface area contributed by atoms with E-state index in [2.05, 4.69) is 11.6 Å². The molecule has 0 radical (unpaired) electrons. The number of pyridine rings is 1. The van der Waals surface area contributed by atoms with Crippen LogP contribution in [0.3, 0.4) is 0 Å². The Kier molecular flexibility index (Phi) is 9.98. The van der Waals surface area contributed by atoms with E-state index in [1.54, 1.807) is 43.0 Å². The number of carbonyl (C=O) groups is 3. The minimum atomic E-state index is -1.19. The van der Waals surface area contributed by atoms with Gasteiger partial charge in [-0.3, -0.25) is 14.4 Å². The summed E-state index contributed by atoms with van der Waals surface area (Å²) in [5.74, 6) is -2.20. The molecule has 12 heteroatoms. The van der Waals surface area contributed by atoms with Crippen LogP contribution in [-0.4, -0.2) is 68.5 Å². The number of nitrogens with two attached hydrogens (primary N) is 1. The molecule has 0 saturated carbocycles. The van der Waals surface area contributed by atoms with E-state index in [9.17, 15) is 14.4 Å². The summed E-state index contributed by atoms with van der Waals surface area (Å²) >= 11 is 6.18. The van der Waals surface area contributed by atoms with E-state index in [1.165, 1.54) is 29.3 Å². The zero-order chi connectivity index (χ0) is 32.2. The number of nitrogens with zero attached hydrogens (tertiary/aromatic N) is 3. The second-order valence-electron chi connectivity index (χ2n) is 11.1. The van der Waals surface area contributed by atoms with Crippen molar-refractivity contribution in [3.63, 3.8) is 0 Å². The van der Waals surface area contributed by atoms with Gasteiger partial charge >= 0.3 is 5.97 Å². The van der Waals surface area contributed by atoms with Gasteiger partial charge in [0.05, 0.1) is 6.42 Å². The Morgan fingerprint density at radius 3 is 2.61 bits per heavy atom. The average Bonchev–Trinajstić information content (AvgIpc) is 2.99. The number of allylic oxidation sites excluding steroid dienone is 3. The number of aromatic nitrogens is 1. The molecule has 0 aliphatic carbocycles. The molecule has 0 unspecified atom stereocenters. The number of carboxylic acid groups (broad SMARTS) is 1. The quantitative estimate of drug-likeness (QED) is 0.344. The molecule has 2 aliphatic heterocycles. The number of rotatable bonds is 10. The van der Waals surface area contributed by atoms with Crippen LogP contribution >= 0.6 is 11.6 Å². The number of hydrogen-bond donors (Lipinski definition) is 2. The molecule has 2 aromatic rings. The molecular weight excluding hydrogens is 591 g/mol. The molecule has 1 saturated heterocycles. The number of carbonyl (C=O) groups excluding carboxylic acids is 2. The van der Waals surface area contributed by atoms with Crippen LogP contribution in [0.2, 0.25) is 0 Å². The van der Waals surface area contributed by atoms with Crippen LogP contribution in [0.15, 0.2) is 71.9 Å². The van der Waals surface area contributed by atoms with Gasteiger partial charge in [0, 0.05) is 41.5 Å². The van der Waals surface area contributed by atoms with E-state index in [1.807, 2.05) is 6.92 Å². The van der Waals surface area contributed by atoms with Gasteiger partial charge in [-0.25, -0.2) is 9.37 Å². The van der Waals surface area contributed by atoms with Crippen LogP contribution in [0.25, 0.3) is 11.1 Å². The van der Waals surface area contributed by atoms with Gasteiger partial charge in [-0.05, 0) is 51.3 Å². The number of halogens is 2. The van der Waals surface area contributed by atoms with Crippen molar-refractivity contribution in [1.82, 2.24) is 14.8 Å². The number of ether oxygens (including phenoxy) is 2. The largest absolute Gasteiger partial charge is 0.489 e. The number of para-hydroxylation sites is 1. The number of hydrogen-bond acceptors (Lipinski definition) is 7. The summed E-state index contributed by atoms with van der Waals surface area (Å²) in [6.45, 7) is 9.22. The highest BCUT2D eigenvalue weighted by Crippen LogP contribution is 2.35. The van der Waals surface area contributed by atoms with Gasteiger partial charge in [0.1, 0.15) is 17.6 Å². The van der Waals surface area contributed by atoms with Crippen molar-refractivity contribution in [3.05, 3.63) is 83.4 Å². The van der Waals surface area contributed by atoms with E-state index < -0.39 is 29.4 Å². The fraction of sp³-hybridized carbons (Fsp3) is 0.375. The van der Waals surface area contributed by atoms with Crippen LogP contribution in [0, 0.1) is 5.82 Å². The Hall–Kier alpha value is -4.38. The van der Waals surface area contributed by atoms with Crippen molar-refractivity contribution < 1.29 is 33.4 Å². The van der Waals surface area contributed by atoms with Crippen molar-refractivity contribution in [3.8, 4) is 16.9 Å². The summed E-state index contributed by atoms with van der Waals surface area (Å²) in [6.07, 6.45) is 4.88. The minimum Gasteiger partial charge on any atom is -0.489 e. The fourth-order valence-electron chi connectivity index (χ4n) is 5.25. The summed E-state index contributed by atoms with van der Waals surface area (Å²) in [5, 5.41) is 9.45. The standard InChI is InChI=1S/C32H36ClFN4O6/c1-5-20(33)16-25-29(35)44-32(3,4)31(42)38(25)21-11-13-37(14-12-21)30(41)28-24(34)15-19(18-36-28)23-9-7-8-10-26(23)43-22(6-2)17-27(39)40/h5,7-10,15-16,18,21-22H,1,6,11-14,17,35H2,2-4H3,(H,39,40)/b20-16+/t22-/m1/s1. The van der Waals surface area contributed by atoms with Gasteiger partial charge < -0.3 is 30.1 Å². The van der Waals surface area contributed by atoms with E-state index in [0.29, 0.717) is 41.8 Å². The molecule has 1 aromatic heterocycles. The summed E-state index contributed by atoms with van der Waals surface area (Å²) in [6, 6.07) is 7.79. The third-order valence-corrected chi connectivity index (χ3v) is 7.85. The molecule has 1 aromatic carbocycles. The second-order valence-corrected chi connectivity index (χ2v) is 11.5. The number of piperidine rings is 1. The predicted molar refractivity (Wildman–Crippen MR) is 163 cm³/mol. The number of benzene rings is 1. The minimum absolute atomic E-state index is 0.0542. The maximum absolute atomic E-state index is 15.4. The lowest BCUT2D eigenvalue weighted by molar-refractivity contribution is -0.155. The second kappa shape index (κ2) is 13.5. The van der Waals surface area contributed by atoms with Crippen LogP contribution in [0.4, 0.5) is 4.39 Å². The fourth-order valence-corrected chi connectivity index (χ4v) is 5.36. The van der Waals surface area contributed by atoms with Gasteiger partial charge in [-0.15, -0.1) is 0 Å².